The summed E-state index contributed by atoms with van der Waals surface area (Å²) in [5.41, 5.74) is 0. The van der Waals surface area contributed by atoms with Gasteiger partial charge in [0, 0.05) is 6.07 Å². The third-order valence-corrected chi connectivity index (χ3v) is 2.75. The van der Waals surface area contributed by atoms with Crippen molar-refractivity contribution in [3.8, 4) is 5.75 Å². The molecule has 0 spiro atoms. The van der Waals surface area contributed by atoms with Gasteiger partial charge in [0.2, 0.25) is 0 Å². The minimum atomic E-state index is -0.976. The SMILES string of the molecule is CC(C)COc1cc(C(=O)O)sc1Cl. The monoisotopic (exact) mass is 234 g/mol. The van der Waals surface area contributed by atoms with Crippen LogP contribution in [0.3, 0.4) is 0 Å². The number of hydrogen-bond acceptors (Lipinski definition) is 3. The first-order valence-electron chi connectivity index (χ1n) is 4.16. The van der Waals surface area contributed by atoms with Crippen LogP contribution in [0.25, 0.3) is 0 Å². The summed E-state index contributed by atoms with van der Waals surface area (Å²) in [6.45, 7) is 4.56. The van der Waals surface area contributed by atoms with Crippen LogP contribution >= 0.6 is 22.9 Å². The lowest BCUT2D eigenvalue weighted by molar-refractivity contribution is 0.0702. The van der Waals surface area contributed by atoms with Crippen molar-refractivity contribution in [2.75, 3.05) is 6.61 Å². The van der Waals surface area contributed by atoms with E-state index in [0.717, 1.165) is 11.3 Å². The van der Waals surface area contributed by atoms with Crippen LogP contribution in [0.1, 0.15) is 23.5 Å². The molecule has 14 heavy (non-hydrogen) atoms. The van der Waals surface area contributed by atoms with Crippen LogP contribution in [-0.2, 0) is 0 Å². The van der Waals surface area contributed by atoms with Crippen LogP contribution in [0.4, 0.5) is 0 Å². The first-order valence-corrected chi connectivity index (χ1v) is 5.35. The van der Waals surface area contributed by atoms with Gasteiger partial charge in [-0.3, -0.25) is 0 Å². The van der Waals surface area contributed by atoms with Crippen molar-refractivity contribution in [1.29, 1.82) is 0 Å². The molecule has 1 aromatic heterocycles. The fourth-order valence-corrected chi connectivity index (χ4v) is 1.84. The van der Waals surface area contributed by atoms with Crippen molar-refractivity contribution in [2.24, 2.45) is 5.92 Å². The number of hydrogen-bond donors (Lipinski definition) is 1. The highest BCUT2D eigenvalue weighted by molar-refractivity contribution is 7.18. The van der Waals surface area contributed by atoms with Crippen molar-refractivity contribution in [1.82, 2.24) is 0 Å². The molecule has 0 unspecified atom stereocenters. The Bertz CT molecular complexity index is 333. The van der Waals surface area contributed by atoms with Crippen molar-refractivity contribution in [2.45, 2.75) is 13.8 Å². The van der Waals surface area contributed by atoms with E-state index in [1.165, 1.54) is 6.07 Å². The lowest BCUT2D eigenvalue weighted by atomic mass is 10.2. The predicted molar refractivity (Wildman–Crippen MR) is 56.6 cm³/mol. The molecule has 0 aromatic carbocycles. The molecule has 0 aliphatic heterocycles. The molecule has 0 bridgehead atoms. The summed E-state index contributed by atoms with van der Waals surface area (Å²) < 4.78 is 5.74. The van der Waals surface area contributed by atoms with E-state index in [1.54, 1.807) is 0 Å². The zero-order chi connectivity index (χ0) is 10.7. The second kappa shape index (κ2) is 4.66. The topological polar surface area (TPSA) is 46.5 Å². The van der Waals surface area contributed by atoms with Crippen LogP contribution < -0.4 is 4.74 Å². The third-order valence-electron chi connectivity index (χ3n) is 1.44. The number of thiophene rings is 1. The van der Waals surface area contributed by atoms with Gasteiger partial charge < -0.3 is 9.84 Å². The number of rotatable bonds is 4. The van der Waals surface area contributed by atoms with E-state index in [-0.39, 0.29) is 4.88 Å². The highest BCUT2D eigenvalue weighted by Gasteiger charge is 2.13. The van der Waals surface area contributed by atoms with Gasteiger partial charge >= 0.3 is 5.97 Å². The van der Waals surface area contributed by atoms with E-state index in [4.69, 9.17) is 21.4 Å². The zero-order valence-corrected chi connectivity index (χ0v) is 9.48. The van der Waals surface area contributed by atoms with Crippen molar-refractivity contribution in [3.63, 3.8) is 0 Å². The lowest BCUT2D eigenvalue weighted by Gasteiger charge is -2.06. The van der Waals surface area contributed by atoms with E-state index >= 15 is 0 Å². The number of aromatic carboxylic acids is 1. The smallest absolute Gasteiger partial charge is 0.346 e. The quantitative estimate of drug-likeness (QED) is 0.871. The number of carboxylic acid groups (broad SMARTS) is 1. The van der Waals surface area contributed by atoms with Gasteiger partial charge in [-0.2, -0.15) is 0 Å². The maximum absolute atomic E-state index is 10.6. The van der Waals surface area contributed by atoms with Gasteiger partial charge in [-0.25, -0.2) is 4.79 Å². The molecule has 0 amide bonds. The van der Waals surface area contributed by atoms with Crippen molar-refractivity contribution < 1.29 is 14.6 Å². The molecule has 0 saturated carbocycles. The maximum atomic E-state index is 10.6. The average Bonchev–Trinajstić information content (AvgIpc) is 2.43. The normalized spacial score (nSPS) is 10.6. The Labute approximate surface area is 91.3 Å². The lowest BCUT2D eigenvalue weighted by Crippen LogP contribution is -2.04. The molecule has 1 heterocycles. The summed E-state index contributed by atoms with van der Waals surface area (Å²) in [6.07, 6.45) is 0. The molecule has 0 fully saturated rings. The highest BCUT2D eigenvalue weighted by Crippen LogP contribution is 2.34. The maximum Gasteiger partial charge on any atom is 0.346 e. The first kappa shape index (κ1) is 11.3. The first-order chi connectivity index (χ1) is 6.50. The van der Waals surface area contributed by atoms with Gasteiger partial charge in [0.25, 0.3) is 0 Å². The molecule has 3 nitrogen and oxygen atoms in total. The molecule has 0 aliphatic rings. The second-order valence-electron chi connectivity index (χ2n) is 3.26. The largest absolute Gasteiger partial charge is 0.491 e. The fraction of sp³-hybridized carbons (Fsp3) is 0.444. The average molecular weight is 235 g/mol. The summed E-state index contributed by atoms with van der Waals surface area (Å²) in [4.78, 5) is 10.8. The zero-order valence-electron chi connectivity index (χ0n) is 7.91. The summed E-state index contributed by atoms with van der Waals surface area (Å²) in [5.74, 6) is -0.127. The Balaban J connectivity index is 2.72. The number of carboxylic acids is 1. The Kier molecular flexibility index (Phi) is 3.77. The van der Waals surface area contributed by atoms with Gasteiger partial charge in [0.1, 0.15) is 15.0 Å². The summed E-state index contributed by atoms with van der Waals surface area (Å²) in [7, 11) is 0. The van der Waals surface area contributed by atoms with Crippen molar-refractivity contribution in [3.05, 3.63) is 15.3 Å². The summed E-state index contributed by atoms with van der Waals surface area (Å²) in [5, 5.41) is 8.70. The Hall–Kier alpha value is -0.740. The molecule has 0 aliphatic carbocycles. The molecule has 78 valence electrons. The second-order valence-corrected chi connectivity index (χ2v) is 4.91. The predicted octanol–water partition coefficient (Wildman–Crippen LogP) is 3.13. The Morgan fingerprint density at radius 3 is 2.79 bits per heavy atom. The van der Waals surface area contributed by atoms with Crippen LogP contribution in [0.15, 0.2) is 6.07 Å². The molecule has 1 rings (SSSR count). The minimum Gasteiger partial charge on any atom is -0.491 e. The molecule has 0 saturated heterocycles. The van der Waals surface area contributed by atoms with Crippen LogP contribution in [0.5, 0.6) is 5.75 Å². The molecular formula is C9H11ClO3S. The third kappa shape index (κ3) is 2.89. The van der Waals surface area contributed by atoms with E-state index in [2.05, 4.69) is 0 Å². The summed E-state index contributed by atoms with van der Waals surface area (Å²) in [6, 6.07) is 1.46. The fourth-order valence-electron chi connectivity index (χ4n) is 0.812. The molecular weight excluding hydrogens is 224 g/mol. The van der Waals surface area contributed by atoms with Gasteiger partial charge in [0.15, 0.2) is 0 Å². The molecule has 5 heteroatoms. The van der Waals surface area contributed by atoms with E-state index in [0.29, 0.717) is 22.6 Å². The number of ether oxygens (including phenoxy) is 1. The molecule has 0 radical (unpaired) electrons. The molecule has 1 aromatic rings. The standard InChI is InChI=1S/C9H11ClO3S/c1-5(2)4-13-6-3-7(9(11)12)14-8(6)10/h3,5H,4H2,1-2H3,(H,11,12). The van der Waals surface area contributed by atoms with E-state index in [1.807, 2.05) is 13.8 Å². The van der Waals surface area contributed by atoms with Crippen LogP contribution in [0.2, 0.25) is 4.34 Å². The van der Waals surface area contributed by atoms with Gasteiger partial charge in [-0.15, -0.1) is 11.3 Å². The van der Waals surface area contributed by atoms with Gasteiger partial charge in [-0.05, 0) is 5.92 Å². The highest BCUT2D eigenvalue weighted by atomic mass is 35.5. The Morgan fingerprint density at radius 2 is 2.36 bits per heavy atom. The van der Waals surface area contributed by atoms with Crippen molar-refractivity contribution >= 4 is 28.9 Å². The van der Waals surface area contributed by atoms with E-state index < -0.39 is 5.97 Å². The molecule has 1 N–H and O–H groups in total. The minimum absolute atomic E-state index is 0.203. The molecule has 0 atom stereocenters. The van der Waals surface area contributed by atoms with Gasteiger partial charge in [-0.1, -0.05) is 25.4 Å². The van der Waals surface area contributed by atoms with Crippen LogP contribution in [-0.4, -0.2) is 17.7 Å². The van der Waals surface area contributed by atoms with E-state index in [9.17, 15) is 4.79 Å². The number of halogens is 1. The van der Waals surface area contributed by atoms with Gasteiger partial charge in [0.05, 0.1) is 6.61 Å². The number of carbonyl (C=O) groups is 1. The van der Waals surface area contributed by atoms with Crippen LogP contribution in [0, 0.1) is 5.92 Å². The Morgan fingerprint density at radius 1 is 1.71 bits per heavy atom. The summed E-state index contributed by atoms with van der Waals surface area (Å²) >= 11 is 6.82.